The molecule has 0 bridgehead atoms. The Kier molecular flexibility index (Phi) is 3.86. The Balaban J connectivity index is 2.03. The van der Waals surface area contributed by atoms with Gasteiger partial charge in [0.2, 0.25) is 11.0 Å². The summed E-state index contributed by atoms with van der Waals surface area (Å²) in [5.74, 6) is 0.326. The van der Waals surface area contributed by atoms with E-state index in [-0.39, 0.29) is 12.0 Å². The largest absolute Gasteiger partial charge is 0.375 e. The van der Waals surface area contributed by atoms with Crippen LogP contribution < -0.4 is 5.32 Å². The van der Waals surface area contributed by atoms with E-state index in [0.29, 0.717) is 5.82 Å². The van der Waals surface area contributed by atoms with E-state index in [0.717, 1.165) is 21.7 Å². The van der Waals surface area contributed by atoms with E-state index in [1.54, 1.807) is 30.3 Å². The van der Waals surface area contributed by atoms with Crippen molar-refractivity contribution in [2.24, 2.45) is 0 Å². The Morgan fingerprint density at radius 1 is 1.45 bits per heavy atom. The zero-order valence-electron chi connectivity index (χ0n) is 12.4. The summed E-state index contributed by atoms with van der Waals surface area (Å²) >= 11 is 1.49. The minimum absolute atomic E-state index is 0.0663. The number of rotatable bonds is 4. The standard InChI is InChI=1S/C14H15N5O2S/c1-8(21-3)11-7-22-14(18-11)19-12-4-13(17-9(2)20)15-5-10(12)6-16-19/h4-8H,1-3H3,(H,15,17,20). The molecule has 3 rings (SSSR count). The van der Waals surface area contributed by atoms with Gasteiger partial charge in [-0.15, -0.1) is 11.3 Å². The van der Waals surface area contributed by atoms with Crippen molar-refractivity contribution < 1.29 is 9.53 Å². The van der Waals surface area contributed by atoms with Crippen LogP contribution in [0, 0.1) is 0 Å². The van der Waals surface area contributed by atoms with Crippen LogP contribution in [0.5, 0.6) is 0 Å². The molecule has 0 radical (unpaired) electrons. The van der Waals surface area contributed by atoms with E-state index in [1.807, 2.05) is 12.3 Å². The Morgan fingerprint density at radius 3 is 3.00 bits per heavy atom. The molecule has 0 aliphatic rings. The third-order valence-corrected chi connectivity index (χ3v) is 4.05. The normalized spacial score (nSPS) is 12.5. The molecule has 0 saturated heterocycles. The van der Waals surface area contributed by atoms with Crippen molar-refractivity contribution in [3.8, 4) is 5.13 Å². The molecule has 3 heterocycles. The summed E-state index contributed by atoms with van der Waals surface area (Å²) in [4.78, 5) is 19.9. The van der Waals surface area contributed by atoms with Crippen molar-refractivity contribution in [3.05, 3.63) is 29.5 Å². The van der Waals surface area contributed by atoms with Crippen LogP contribution in [0.1, 0.15) is 25.6 Å². The van der Waals surface area contributed by atoms with Gasteiger partial charge in [-0.3, -0.25) is 4.79 Å². The number of nitrogens with zero attached hydrogens (tertiary/aromatic N) is 4. The van der Waals surface area contributed by atoms with Gasteiger partial charge in [0.05, 0.1) is 23.5 Å². The molecule has 8 heteroatoms. The first kappa shape index (κ1) is 14.6. The average molecular weight is 317 g/mol. The van der Waals surface area contributed by atoms with E-state index in [2.05, 4.69) is 20.4 Å². The number of pyridine rings is 1. The molecule has 0 fully saturated rings. The van der Waals surface area contributed by atoms with E-state index >= 15 is 0 Å². The van der Waals surface area contributed by atoms with Gasteiger partial charge >= 0.3 is 0 Å². The predicted molar refractivity (Wildman–Crippen MR) is 84.3 cm³/mol. The van der Waals surface area contributed by atoms with Crippen molar-refractivity contribution in [1.29, 1.82) is 0 Å². The number of hydrogen-bond donors (Lipinski definition) is 1. The van der Waals surface area contributed by atoms with E-state index < -0.39 is 0 Å². The zero-order valence-corrected chi connectivity index (χ0v) is 13.2. The van der Waals surface area contributed by atoms with Crippen LogP contribution in [0.4, 0.5) is 5.82 Å². The lowest BCUT2D eigenvalue weighted by molar-refractivity contribution is -0.114. The van der Waals surface area contributed by atoms with Crippen LogP contribution in [-0.2, 0) is 9.53 Å². The molecule has 1 amide bonds. The van der Waals surface area contributed by atoms with Crippen LogP contribution in [0.25, 0.3) is 16.0 Å². The van der Waals surface area contributed by atoms with Gasteiger partial charge in [0.25, 0.3) is 0 Å². The molecule has 22 heavy (non-hydrogen) atoms. The first-order valence-corrected chi connectivity index (χ1v) is 7.56. The molecule has 0 aliphatic heterocycles. The SMILES string of the molecule is COC(C)c1csc(-n2ncc3cnc(NC(C)=O)cc32)n1. The molecular formula is C14H15N5O2S. The number of anilines is 1. The second-order valence-corrected chi connectivity index (χ2v) is 5.64. The maximum Gasteiger partial charge on any atom is 0.222 e. The lowest BCUT2D eigenvalue weighted by Crippen LogP contribution is -2.07. The number of carbonyl (C=O) groups excluding carboxylic acids is 1. The van der Waals surface area contributed by atoms with Crippen LogP contribution in [0.2, 0.25) is 0 Å². The maximum atomic E-state index is 11.2. The number of fused-ring (bicyclic) bond motifs is 1. The summed E-state index contributed by atoms with van der Waals surface area (Å²) in [7, 11) is 1.65. The lowest BCUT2D eigenvalue weighted by Gasteiger charge is -2.05. The topological polar surface area (TPSA) is 81.9 Å². The van der Waals surface area contributed by atoms with Crippen molar-refractivity contribution in [1.82, 2.24) is 19.7 Å². The summed E-state index contributed by atoms with van der Waals surface area (Å²) in [6.45, 7) is 3.39. The molecule has 0 spiro atoms. The quantitative estimate of drug-likeness (QED) is 0.799. The molecule has 1 unspecified atom stereocenters. The van der Waals surface area contributed by atoms with E-state index in [4.69, 9.17) is 4.74 Å². The number of thiazole rings is 1. The molecule has 3 aromatic heterocycles. The Morgan fingerprint density at radius 2 is 2.27 bits per heavy atom. The van der Waals surface area contributed by atoms with Crippen molar-refractivity contribution in [2.75, 3.05) is 12.4 Å². The molecule has 114 valence electrons. The van der Waals surface area contributed by atoms with Crippen molar-refractivity contribution in [3.63, 3.8) is 0 Å². The minimum Gasteiger partial charge on any atom is -0.375 e. The molecule has 0 aromatic carbocycles. The Bertz CT molecular complexity index is 826. The van der Waals surface area contributed by atoms with Gasteiger partial charge in [-0.25, -0.2) is 14.6 Å². The van der Waals surface area contributed by atoms with Gasteiger partial charge in [0.15, 0.2) is 0 Å². The fraction of sp³-hybridized carbons (Fsp3) is 0.286. The number of hydrogen-bond acceptors (Lipinski definition) is 6. The molecule has 1 N–H and O–H groups in total. The number of ether oxygens (including phenoxy) is 1. The Hall–Kier alpha value is -2.32. The van der Waals surface area contributed by atoms with Gasteiger partial charge in [-0.1, -0.05) is 0 Å². The monoisotopic (exact) mass is 317 g/mol. The highest BCUT2D eigenvalue weighted by atomic mass is 32.1. The van der Waals surface area contributed by atoms with Gasteiger partial charge in [0.1, 0.15) is 5.82 Å². The minimum atomic E-state index is -0.164. The van der Waals surface area contributed by atoms with Crippen molar-refractivity contribution >= 4 is 34.0 Å². The second kappa shape index (κ2) is 5.82. The van der Waals surface area contributed by atoms with Gasteiger partial charge < -0.3 is 10.1 Å². The molecule has 7 nitrogen and oxygen atoms in total. The highest BCUT2D eigenvalue weighted by molar-refractivity contribution is 7.12. The van der Waals surface area contributed by atoms with Gasteiger partial charge in [-0.05, 0) is 6.92 Å². The number of methoxy groups -OCH3 is 1. The number of amides is 1. The van der Waals surface area contributed by atoms with Crippen molar-refractivity contribution in [2.45, 2.75) is 20.0 Å². The van der Waals surface area contributed by atoms with E-state index in [1.165, 1.54) is 18.3 Å². The summed E-state index contributed by atoms with van der Waals surface area (Å²) < 4.78 is 7.01. The Labute approximate surface area is 131 Å². The number of aromatic nitrogens is 4. The van der Waals surface area contributed by atoms with Crippen LogP contribution >= 0.6 is 11.3 Å². The highest BCUT2D eigenvalue weighted by Crippen LogP contribution is 2.25. The smallest absolute Gasteiger partial charge is 0.222 e. The fourth-order valence-corrected chi connectivity index (χ4v) is 2.88. The fourth-order valence-electron chi connectivity index (χ4n) is 2.00. The average Bonchev–Trinajstić information content (AvgIpc) is 3.11. The lowest BCUT2D eigenvalue weighted by atomic mass is 10.3. The summed E-state index contributed by atoms with van der Waals surface area (Å²) in [5.41, 5.74) is 1.70. The highest BCUT2D eigenvalue weighted by Gasteiger charge is 2.13. The van der Waals surface area contributed by atoms with E-state index in [9.17, 15) is 4.79 Å². The first-order chi connectivity index (χ1) is 10.6. The first-order valence-electron chi connectivity index (χ1n) is 6.68. The maximum absolute atomic E-state index is 11.2. The van der Waals surface area contributed by atoms with Crippen LogP contribution in [0.3, 0.4) is 0 Å². The molecular weight excluding hydrogens is 302 g/mol. The predicted octanol–water partition coefficient (Wildman–Crippen LogP) is 2.54. The van der Waals surface area contributed by atoms with Crippen LogP contribution in [-0.4, -0.2) is 32.8 Å². The van der Waals surface area contributed by atoms with Gasteiger partial charge in [0, 0.05) is 37.1 Å². The van der Waals surface area contributed by atoms with Crippen LogP contribution in [0.15, 0.2) is 23.8 Å². The summed E-state index contributed by atoms with van der Waals surface area (Å²) in [6.07, 6.45) is 3.33. The zero-order chi connectivity index (χ0) is 15.7. The molecule has 1 atom stereocenters. The molecule has 3 aromatic rings. The summed E-state index contributed by atoms with van der Waals surface area (Å²) in [5, 5.41) is 10.6. The summed E-state index contributed by atoms with van der Waals surface area (Å²) in [6, 6.07) is 1.78. The third-order valence-electron chi connectivity index (χ3n) is 3.22. The van der Waals surface area contributed by atoms with Gasteiger partial charge in [-0.2, -0.15) is 5.10 Å². The number of carbonyl (C=O) groups is 1. The molecule has 0 saturated carbocycles. The number of nitrogens with one attached hydrogen (secondary N) is 1. The third kappa shape index (κ3) is 2.70. The molecule has 0 aliphatic carbocycles. The second-order valence-electron chi connectivity index (χ2n) is 4.80.